The first-order valence-electron chi connectivity index (χ1n) is 14.2. The third kappa shape index (κ3) is 5.67. The number of hydrogen-bond donors (Lipinski definition) is 1. The number of carbonyl (C=O) groups is 1. The molecule has 1 amide bonds. The molecule has 2 aliphatic rings. The van der Waals surface area contributed by atoms with E-state index in [0.717, 1.165) is 41.2 Å². The van der Waals surface area contributed by atoms with E-state index in [4.69, 9.17) is 21.3 Å². The molecule has 1 N–H and O–H groups in total. The Morgan fingerprint density at radius 1 is 1.25 bits per heavy atom. The summed E-state index contributed by atoms with van der Waals surface area (Å²) in [6.45, 7) is 4.13. The van der Waals surface area contributed by atoms with Crippen LogP contribution in [-0.4, -0.2) is 71.2 Å². The van der Waals surface area contributed by atoms with Gasteiger partial charge in [0.1, 0.15) is 0 Å². The molecule has 1 unspecified atom stereocenters. The van der Waals surface area contributed by atoms with Crippen LogP contribution in [-0.2, 0) is 18.3 Å². The van der Waals surface area contributed by atoms with Gasteiger partial charge in [0.05, 0.1) is 22.4 Å². The van der Waals surface area contributed by atoms with Crippen LogP contribution >= 0.6 is 11.6 Å². The van der Waals surface area contributed by atoms with Crippen LogP contribution in [0.3, 0.4) is 0 Å². The lowest BCUT2D eigenvalue weighted by atomic mass is 9.80. The topological polar surface area (TPSA) is 92.6 Å². The second-order valence-electron chi connectivity index (χ2n) is 11.1. The molecule has 1 saturated heterocycles. The molecule has 3 atom stereocenters. The zero-order chi connectivity index (χ0) is 28.4. The molecule has 2 fully saturated rings. The maximum atomic E-state index is 12.7. The first-order valence-corrected chi connectivity index (χ1v) is 14.6. The Balaban J connectivity index is 1.38. The Labute approximate surface area is 240 Å². The molecular weight excluding hydrogens is 528 g/mol. The van der Waals surface area contributed by atoms with E-state index in [-0.39, 0.29) is 23.8 Å². The molecule has 214 valence electrons. The second-order valence-corrected chi connectivity index (χ2v) is 11.5. The van der Waals surface area contributed by atoms with Gasteiger partial charge in [-0.1, -0.05) is 24.6 Å². The maximum absolute atomic E-state index is 12.7. The summed E-state index contributed by atoms with van der Waals surface area (Å²) in [6, 6.07) is 8.70. The van der Waals surface area contributed by atoms with Gasteiger partial charge in [0.15, 0.2) is 12.4 Å². The van der Waals surface area contributed by atoms with E-state index < -0.39 is 0 Å². The third-order valence-electron chi connectivity index (χ3n) is 8.56. The van der Waals surface area contributed by atoms with Gasteiger partial charge in [0.25, 0.3) is 11.5 Å². The van der Waals surface area contributed by atoms with Crippen LogP contribution < -0.4 is 20.5 Å². The Bertz CT molecular complexity index is 1440. The Morgan fingerprint density at radius 2 is 2.08 bits per heavy atom. The molecule has 3 heterocycles. The molecule has 2 aromatic heterocycles. The van der Waals surface area contributed by atoms with E-state index >= 15 is 0 Å². The van der Waals surface area contributed by atoms with Crippen molar-refractivity contribution < 1.29 is 9.53 Å². The van der Waals surface area contributed by atoms with Crippen LogP contribution in [0.15, 0.2) is 35.3 Å². The lowest BCUT2D eigenvalue weighted by Gasteiger charge is -2.41. The fourth-order valence-corrected chi connectivity index (χ4v) is 6.70. The summed E-state index contributed by atoms with van der Waals surface area (Å²) in [5.74, 6) is 1.24. The number of nitrogens with one attached hydrogen (secondary N) is 1. The van der Waals surface area contributed by atoms with E-state index in [1.54, 1.807) is 19.3 Å². The number of rotatable bonds is 9. The van der Waals surface area contributed by atoms with Gasteiger partial charge in [0.2, 0.25) is 5.95 Å². The van der Waals surface area contributed by atoms with E-state index in [1.807, 2.05) is 18.2 Å². The van der Waals surface area contributed by atoms with Crippen molar-refractivity contribution in [3.8, 4) is 5.75 Å². The van der Waals surface area contributed by atoms with Gasteiger partial charge >= 0.3 is 0 Å². The van der Waals surface area contributed by atoms with Gasteiger partial charge in [0, 0.05) is 44.5 Å². The number of carbonyl (C=O) groups excluding carboxylic acids is 1. The lowest BCUT2D eigenvalue weighted by Crippen LogP contribution is -2.47. The van der Waals surface area contributed by atoms with Crippen molar-refractivity contribution in [2.24, 2.45) is 13.0 Å². The highest BCUT2D eigenvalue weighted by atomic mass is 35.5. The zero-order valence-corrected chi connectivity index (χ0v) is 24.6. The average molecular weight is 567 g/mol. The largest absolute Gasteiger partial charge is 0.478 e. The number of benzene rings is 1. The molecular formula is C30H39ClN6O3. The van der Waals surface area contributed by atoms with E-state index in [1.165, 1.54) is 43.7 Å². The number of halogens is 1. The predicted molar refractivity (Wildman–Crippen MR) is 158 cm³/mol. The van der Waals surface area contributed by atoms with Crippen LogP contribution in [0.25, 0.3) is 10.9 Å². The molecule has 5 rings (SSSR count). The zero-order valence-electron chi connectivity index (χ0n) is 23.8. The number of fused-ring (bicyclic) bond motifs is 2. The predicted octanol–water partition coefficient (Wildman–Crippen LogP) is 3.79. The molecule has 1 aliphatic carbocycles. The standard InChI is InChI=1S/C30H39ClN6O3/c1-5-12-35(3)25-7-6-8-26-21(25)11-13-37(26)30-33-17-22(31)23(34-30)15-19-9-10-24-20(14-19)16-27(29(39)36(24)4)40-18-28(38)32-2/h9-10,14,16-17,21,25-26H,5-8,11-13,15,18H2,1-4H3,(H,32,38)/t21-,25-,26?/m1/s1. The summed E-state index contributed by atoms with van der Waals surface area (Å²) in [4.78, 5) is 39.0. The van der Waals surface area contributed by atoms with Crippen LogP contribution in [0.4, 0.5) is 5.95 Å². The Hall–Kier alpha value is -3.17. The number of aryl methyl sites for hydroxylation is 1. The number of nitrogens with zero attached hydrogens (tertiary/aromatic N) is 5. The van der Waals surface area contributed by atoms with Gasteiger partial charge in [-0.3, -0.25) is 9.59 Å². The van der Waals surface area contributed by atoms with Crippen molar-refractivity contribution in [2.45, 2.75) is 57.5 Å². The quantitative estimate of drug-likeness (QED) is 0.421. The number of pyridine rings is 1. The summed E-state index contributed by atoms with van der Waals surface area (Å²) in [7, 11) is 5.50. The molecule has 10 heteroatoms. The summed E-state index contributed by atoms with van der Waals surface area (Å²) >= 11 is 6.61. The third-order valence-corrected chi connectivity index (χ3v) is 8.88. The molecule has 1 aromatic carbocycles. The highest BCUT2D eigenvalue weighted by Gasteiger charge is 2.43. The Kier molecular flexibility index (Phi) is 8.61. The number of ether oxygens (including phenoxy) is 1. The van der Waals surface area contributed by atoms with Crippen molar-refractivity contribution in [1.82, 2.24) is 24.8 Å². The fourth-order valence-electron chi connectivity index (χ4n) is 6.54. The average Bonchev–Trinajstić information content (AvgIpc) is 3.39. The molecule has 0 bridgehead atoms. The molecule has 40 heavy (non-hydrogen) atoms. The van der Waals surface area contributed by atoms with Crippen molar-refractivity contribution in [2.75, 3.05) is 38.7 Å². The minimum atomic E-state index is -0.300. The highest BCUT2D eigenvalue weighted by Crippen LogP contribution is 2.40. The smallest absolute Gasteiger partial charge is 0.293 e. The van der Waals surface area contributed by atoms with Gasteiger partial charge < -0.3 is 24.4 Å². The van der Waals surface area contributed by atoms with E-state index in [9.17, 15) is 9.59 Å². The van der Waals surface area contributed by atoms with Crippen LogP contribution in [0.5, 0.6) is 5.75 Å². The first kappa shape index (κ1) is 28.4. The fraction of sp³-hybridized carbons (Fsp3) is 0.533. The summed E-state index contributed by atoms with van der Waals surface area (Å²) in [5.41, 5.74) is 2.28. The number of aromatic nitrogens is 3. The number of hydrogen-bond acceptors (Lipinski definition) is 7. The normalized spacial score (nSPS) is 20.6. The number of anilines is 1. The van der Waals surface area contributed by atoms with E-state index in [2.05, 4.69) is 34.1 Å². The lowest BCUT2D eigenvalue weighted by molar-refractivity contribution is -0.122. The molecule has 3 aromatic rings. The van der Waals surface area contributed by atoms with Gasteiger partial charge in [-0.25, -0.2) is 9.97 Å². The maximum Gasteiger partial charge on any atom is 0.293 e. The molecule has 0 spiro atoms. The molecule has 1 aliphatic heterocycles. The number of amides is 1. The molecule has 9 nitrogen and oxygen atoms in total. The highest BCUT2D eigenvalue weighted by molar-refractivity contribution is 6.31. The summed E-state index contributed by atoms with van der Waals surface area (Å²) in [5, 5.41) is 3.87. The van der Waals surface area contributed by atoms with Gasteiger partial charge in [-0.15, -0.1) is 0 Å². The van der Waals surface area contributed by atoms with Crippen LogP contribution in [0.1, 0.15) is 50.3 Å². The van der Waals surface area contributed by atoms with Gasteiger partial charge in [-0.05, 0) is 75.4 Å². The van der Waals surface area contributed by atoms with Crippen molar-refractivity contribution in [3.05, 3.63) is 57.1 Å². The Morgan fingerprint density at radius 3 is 2.85 bits per heavy atom. The first-order chi connectivity index (χ1) is 19.3. The van der Waals surface area contributed by atoms with Crippen LogP contribution in [0, 0.1) is 5.92 Å². The summed E-state index contributed by atoms with van der Waals surface area (Å²) < 4.78 is 7.05. The van der Waals surface area contributed by atoms with E-state index in [0.29, 0.717) is 29.4 Å². The van der Waals surface area contributed by atoms with Crippen molar-refractivity contribution >= 4 is 34.4 Å². The van der Waals surface area contributed by atoms with Crippen molar-refractivity contribution in [3.63, 3.8) is 0 Å². The molecule has 0 radical (unpaired) electrons. The van der Waals surface area contributed by atoms with Crippen molar-refractivity contribution in [1.29, 1.82) is 0 Å². The van der Waals surface area contributed by atoms with Crippen LogP contribution in [0.2, 0.25) is 5.02 Å². The SMILES string of the molecule is CCCN(C)[C@@H]1CCCC2[C@@H]1CCN2c1ncc(Cl)c(Cc2ccc3c(c2)cc(OCC(=O)NC)c(=O)n3C)n1. The summed E-state index contributed by atoms with van der Waals surface area (Å²) in [6.07, 6.45) is 8.27. The minimum Gasteiger partial charge on any atom is -0.478 e. The minimum absolute atomic E-state index is 0.136. The molecule has 1 saturated carbocycles. The monoisotopic (exact) mass is 566 g/mol. The number of likely N-dealkylation sites (N-methyl/N-ethyl adjacent to an activating group) is 1. The van der Waals surface area contributed by atoms with Gasteiger partial charge in [-0.2, -0.15) is 0 Å². The second kappa shape index (κ2) is 12.1.